The van der Waals surface area contributed by atoms with E-state index in [2.05, 4.69) is 22.3 Å². The number of hydrogen-bond donors (Lipinski definition) is 2. The number of nitrogens with zero attached hydrogens (tertiary/aromatic N) is 2. The zero-order valence-electron chi connectivity index (χ0n) is 8.92. The summed E-state index contributed by atoms with van der Waals surface area (Å²) in [4.78, 5) is 6.84. The van der Waals surface area contributed by atoms with Gasteiger partial charge in [-0.2, -0.15) is 0 Å². The first kappa shape index (κ1) is 9.93. The highest BCUT2D eigenvalue weighted by Crippen LogP contribution is 2.20. The Kier molecular flexibility index (Phi) is 2.74. The Balaban J connectivity index is 2.04. The second-order valence-corrected chi connectivity index (χ2v) is 4.47. The number of aliphatic imine (C=N–C) groups is 1. The van der Waals surface area contributed by atoms with E-state index in [1.165, 1.54) is 0 Å². The molecule has 2 aliphatic heterocycles. The molecular weight excluding hydrogens is 176 g/mol. The third-order valence-electron chi connectivity index (χ3n) is 3.25. The molecule has 80 valence electrons. The first-order chi connectivity index (χ1) is 6.71. The molecule has 0 spiro atoms. The summed E-state index contributed by atoms with van der Waals surface area (Å²) < 4.78 is 0. The summed E-state index contributed by atoms with van der Waals surface area (Å²) in [6.07, 6.45) is 3.18. The lowest BCUT2D eigenvalue weighted by Crippen LogP contribution is -2.60. The summed E-state index contributed by atoms with van der Waals surface area (Å²) in [6, 6.07) is 0. The molecule has 0 radical (unpaired) electrons. The SMILES string of the molecule is CN1CCC(N)(C2=NCCCN2)CC1. The van der Waals surface area contributed by atoms with Gasteiger partial charge in [0.2, 0.25) is 0 Å². The third kappa shape index (κ3) is 1.91. The van der Waals surface area contributed by atoms with E-state index in [9.17, 15) is 0 Å². The first-order valence-electron chi connectivity index (χ1n) is 5.47. The predicted molar refractivity (Wildman–Crippen MR) is 58.6 cm³/mol. The fourth-order valence-electron chi connectivity index (χ4n) is 2.12. The van der Waals surface area contributed by atoms with Gasteiger partial charge in [-0.1, -0.05) is 0 Å². The lowest BCUT2D eigenvalue weighted by molar-refractivity contribution is 0.227. The minimum Gasteiger partial charge on any atom is -0.372 e. The molecule has 0 bridgehead atoms. The van der Waals surface area contributed by atoms with Gasteiger partial charge in [-0.25, -0.2) is 0 Å². The van der Waals surface area contributed by atoms with Crippen molar-refractivity contribution in [3.63, 3.8) is 0 Å². The van der Waals surface area contributed by atoms with E-state index in [1.807, 2.05) is 0 Å². The highest BCUT2D eigenvalue weighted by Gasteiger charge is 2.35. The molecule has 0 saturated carbocycles. The number of piperidine rings is 1. The van der Waals surface area contributed by atoms with Gasteiger partial charge in [-0.3, -0.25) is 4.99 Å². The number of nitrogens with two attached hydrogens (primary N) is 1. The van der Waals surface area contributed by atoms with Crippen molar-refractivity contribution in [3.05, 3.63) is 0 Å². The molecule has 1 saturated heterocycles. The first-order valence-corrected chi connectivity index (χ1v) is 5.47. The van der Waals surface area contributed by atoms with Crippen molar-refractivity contribution in [1.82, 2.24) is 10.2 Å². The fourth-order valence-corrected chi connectivity index (χ4v) is 2.12. The fraction of sp³-hybridized carbons (Fsp3) is 0.900. The number of likely N-dealkylation sites (tertiary alicyclic amines) is 1. The molecule has 0 amide bonds. The van der Waals surface area contributed by atoms with Crippen LogP contribution in [0.5, 0.6) is 0 Å². The Bertz CT molecular complexity index is 228. The number of amidine groups is 1. The standard InChI is InChI=1S/C10H20N4/c1-14-7-3-10(11,4-8-14)9-12-5-2-6-13-9/h2-8,11H2,1H3,(H,12,13). The van der Waals surface area contributed by atoms with Gasteiger partial charge in [-0.05, 0) is 26.3 Å². The van der Waals surface area contributed by atoms with Crippen LogP contribution in [0.1, 0.15) is 19.3 Å². The van der Waals surface area contributed by atoms with Crippen LogP contribution in [0, 0.1) is 0 Å². The second kappa shape index (κ2) is 3.87. The van der Waals surface area contributed by atoms with Crippen LogP contribution < -0.4 is 11.1 Å². The summed E-state index contributed by atoms with van der Waals surface area (Å²) in [7, 11) is 2.15. The number of nitrogens with one attached hydrogen (secondary N) is 1. The smallest absolute Gasteiger partial charge is 0.117 e. The van der Waals surface area contributed by atoms with Gasteiger partial charge in [0.25, 0.3) is 0 Å². The highest BCUT2D eigenvalue weighted by atomic mass is 15.1. The molecule has 0 atom stereocenters. The molecule has 0 aliphatic carbocycles. The Morgan fingerprint density at radius 1 is 1.43 bits per heavy atom. The van der Waals surface area contributed by atoms with Crippen molar-refractivity contribution in [2.45, 2.75) is 24.8 Å². The Hall–Kier alpha value is -0.610. The van der Waals surface area contributed by atoms with E-state index in [0.717, 1.165) is 51.3 Å². The van der Waals surface area contributed by atoms with Crippen LogP contribution in [0.4, 0.5) is 0 Å². The van der Waals surface area contributed by atoms with E-state index < -0.39 is 0 Å². The molecule has 0 aromatic heterocycles. The van der Waals surface area contributed by atoms with E-state index in [1.54, 1.807) is 0 Å². The Morgan fingerprint density at radius 3 is 2.71 bits per heavy atom. The van der Waals surface area contributed by atoms with Crippen molar-refractivity contribution >= 4 is 5.84 Å². The van der Waals surface area contributed by atoms with E-state index in [0.29, 0.717) is 0 Å². The Morgan fingerprint density at radius 2 is 2.14 bits per heavy atom. The normalized spacial score (nSPS) is 28.0. The lowest BCUT2D eigenvalue weighted by atomic mass is 9.87. The molecule has 2 heterocycles. The van der Waals surface area contributed by atoms with Crippen LogP contribution in [0.15, 0.2) is 4.99 Å². The monoisotopic (exact) mass is 196 g/mol. The van der Waals surface area contributed by atoms with Crippen LogP contribution in [-0.2, 0) is 0 Å². The lowest BCUT2D eigenvalue weighted by Gasteiger charge is -2.39. The molecule has 3 N–H and O–H groups in total. The van der Waals surface area contributed by atoms with Crippen LogP contribution in [0.2, 0.25) is 0 Å². The third-order valence-corrected chi connectivity index (χ3v) is 3.25. The van der Waals surface area contributed by atoms with Gasteiger partial charge in [-0.15, -0.1) is 0 Å². The molecule has 0 aromatic rings. The summed E-state index contributed by atoms with van der Waals surface area (Å²) in [5, 5.41) is 3.35. The van der Waals surface area contributed by atoms with Gasteiger partial charge in [0.1, 0.15) is 5.84 Å². The molecular formula is C10H20N4. The van der Waals surface area contributed by atoms with Crippen LogP contribution in [0.25, 0.3) is 0 Å². The average molecular weight is 196 g/mol. The van der Waals surface area contributed by atoms with Gasteiger partial charge in [0.05, 0.1) is 5.54 Å². The van der Waals surface area contributed by atoms with E-state index in [4.69, 9.17) is 5.73 Å². The van der Waals surface area contributed by atoms with Crippen molar-refractivity contribution in [2.75, 3.05) is 33.2 Å². The maximum Gasteiger partial charge on any atom is 0.117 e. The maximum absolute atomic E-state index is 6.38. The molecule has 0 aromatic carbocycles. The molecule has 14 heavy (non-hydrogen) atoms. The molecule has 2 rings (SSSR count). The van der Waals surface area contributed by atoms with E-state index in [-0.39, 0.29) is 5.54 Å². The second-order valence-electron chi connectivity index (χ2n) is 4.47. The Labute approximate surface area is 85.6 Å². The summed E-state index contributed by atoms with van der Waals surface area (Å²) in [5.41, 5.74) is 6.20. The van der Waals surface area contributed by atoms with Crippen molar-refractivity contribution < 1.29 is 0 Å². The quantitative estimate of drug-likeness (QED) is 0.611. The highest BCUT2D eigenvalue weighted by molar-refractivity contribution is 5.91. The van der Waals surface area contributed by atoms with Crippen LogP contribution in [-0.4, -0.2) is 49.5 Å². The topological polar surface area (TPSA) is 53.6 Å². The molecule has 4 nitrogen and oxygen atoms in total. The van der Waals surface area contributed by atoms with Gasteiger partial charge < -0.3 is 16.0 Å². The van der Waals surface area contributed by atoms with Crippen LogP contribution >= 0.6 is 0 Å². The number of rotatable bonds is 1. The molecule has 0 unspecified atom stereocenters. The molecule has 4 heteroatoms. The van der Waals surface area contributed by atoms with Crippen molar-refractivity contribution in [2.24, 2.45) is 10.7 Å². The molecule has 1 fully saturated rings. The van der Waals surface area contributed by atoms with Gasteiger partial charge in [0, 0.05) is 26.2 Å². The van der Waals surface area contributed by atoms with Gasteiger partial charge >= 0.3 is 0 Å². The van der Waals surface area contributed by atoms with E-state index >= 15 is 0 Å². The summed E-state index contributed by atoms with van der Waals surface area (Å²) in [6.45, 7) is 4.14. The zero-order valence-corrected chi connectivity index (χ0v) is 8.92. The maximum atomic E-state index is 6.38. The summed E-state index contributed by atoms with van der Waals surface area (Å²) in [5.74, 6) is 1.05. The van der Waals surface area contributed by atoms with Gasteiger partial charge in [0.15, 0.2) is 0 Å². The molecule has 2 aliphatic rings. The average Bonchev–Trinajstić information content (AvgIpc) is 2.24. The minimum atomic E-state index is -0.174. The summed E-state index contributed by atoms with van der Waals surface area (Å²) >= 11 is 0. The van der Waals surface area contributed by atoms with Crippen molar-refractivity contribution in [3.8, 4) is 0 Å². The minimum absolute atomic E-state index is 0.174. The predicted octanol–water partition coefficient (Wildman–Crippen LogP) is -0.199. The van der Waals surface area contributed by atoms with Crippen LogP contribution in [0.3, 0.4) is 0 Å². The zero-order chi connectivity index (χ0) is 10.0. The largest absolute Gasteiger partial charge is 0.372 e. The van der Waals surface area contributed by atoms with Crippen molar-refractivity contribution in [1.29, 1.82) is 0 Å². The number of hydrogen-bond acceptors (Lipinski definition) is 4.